The maximum absolute atomic E-state index is 16.7. The number of sulfonamides is 1. The molecule has 1 amide bonds. The Balaban J connectivity index is 1.48. The third-order valence-corrected chi connectivity index (χ3v) is 10.7. The van der Waals surface area contributed by atoms with Crippen LogP contribution in [0.3, 0.4) is 0 Å². The van der Waals surface area contributed by atoms with Gasteiger partial charge in [0.15, 0.2) is 0 Å². The number of carbonyl (C=O) groups excluding carboxylic acids is 2. The largest absolute Gasteiger partial charge is 0.492 e. The summed E-state index contributed by atoms with van der Waals surface area (Å²) < 4.78 is 108. The second-order valence-electron chi connectivity index (χ2n) is 12.0. The fourth-order valence-electron chi connectivity index (χ4n) is 6.22. The molecule has 2 aliphatic heterocycles. The van der Waals surface area contributed by atoms with Gasteiger partial charge in [0.05, 0.1) is 11.0 Å². The molecule has 2 saturated heterocycles. The molecule has 2 bridgehead atoms. The Morgan fingerprint density at radius 3 is 2.09 bits per heavy atom. The Bertz CT molecular complexity index is 1790. The van der Waals surface area contributed by atoms with Crippen LogP contribution in [0.2, 0.25) is 0 Å². The van der Waals surface area contributed by atoms with Gasteiger partial charge in [-0.25, -0.2) is 13.2 Å². The molecule has 16 heteroatoms. The molecule has 3 atom stereocenters. The third-order valence-electron chi connectivity index (χ3n) is 8.59. The number of hydroxylamine groups is 1. The van der Waals surface area contributed by atoms with Gasteiger partial charge in [-0.3, -0.25) is 4.79 Å². The molecule has 0 aromatic heterocycles. The highest BCUT2D eigenvalue weighted by molar-refractivity contribution is 9.10. The highest BCUT2D eigenvalue weighted by atomic mass is 79.9. The van der Waals surface area contributed by atoms with Crippen molar-refractivity contribution in [2.24, 2.45) is 5.73 Å². The standard InChI is InChI=1S/C31H29BrF5N3O6S/c32-20-5-3-19(4-6-20)30(33,34)27(28(41)39-22-7-8-23(39)16-21(38)15-22)40(46-29(42)31(35,36)37)47(43,44)26-12-2-17-13-25(45-24-10-11-24)9-1-18(17)14-26/h1-6,9,12-14,21-24,27H,7-8,10-11,15-16,38H2/t21?,22?,23?,27-/m1/s1. The Morgan fingerprint density at radius 1 is 0.894 bits per heavy atom. The van der Waals surface area contributed by atoms with Crippen molar-refractivity contribution in [2.75, 3.05) is 0 Å². The monoisotopic (exact) mass is 745 g/mol. The summed E-state index contributed by atoms with van der Waals surface area (Å²) in [6.45, 7) is 0. The number of nitrogens with two attached hydrogens (primary N) is 1. The molecule has 2 N–H and O–H groups in total. The predicted molar refractivity (Wildman–Crippen MR) is 161 cm³/mol. The number of benzene rings is 3. The van der Waals surface area contributed by atoms with E-state index in [0.29, 0.717) is 28.5 Å². The van der Waals surface area contributed by atoms with Crippen LogP contribution in [0.25, 0.3) is 10.8 Å². The summed E-state index contributed by atoms with van der Waals surface area (Å²) in [7, 11) is -5.58. The minimum Gasteiger partial charge on any atom is -0.490 e. The van der Waals surface area contributed by atoms with E-state index in [1.54, 1.807) is 12.1 Å². The van der Waals surface area contributed by atoms with E-state index in [9.17, 15) is 31.2 Å². The zero-order chi connectivity index (χ0) is 33.9. The van der Waals surface area contributed by atoms with Gasteiger partial charge in [0.2, 0.25) is 6.04 Å². The van der Waals surface area contributed by atoms with Crippen LogP contribution >= 0.6 is 15.9 Å². The number of alkyl halides is 5. The molecular formula is C31H29BrF5N3O6S. The van der Waals surface area contributed by atoms with E-state index in [0.717, 1.165) is 42.0 Å². The Hall–Kier alpha value is -3.34. The van der Waals surface area contributed by atoms with E-state index >= 15 is 8.78 Å². The number of hydrogen-bond acceptors (Lipinski definition) is 7. The maximum Gasteiger partial charge on any atom is 0.492 e. The second-order valence-corrected chi connectivity index (χ2v) is 14.7. The average molecular weight is 747 g/mol. The lowest BCUT2D eigenvalue weighted by Gasteiger charge is -2.42. The number of amides is 1. The van der Waals surface area contributed by atoms with Gasteiger partial charge < -0.3 is 20.2 Å². The highest BCUT2D eigenvalue weighted by Crippen LogP contribution is 2.43. The van der Waals surface area contributed by atoms with Crippen molar-refractivity contribution in [2.45, 2.75) is 85.8 Å². The molecule has 3 aromatic rings. The summed E-state index contributed by atoms with van der Waals surface area (Å²) >= 11 is 3.11. The number of halogens is 6. The molecular weight excluding hydrogens is 717 g/mol. The van der Waals surface area contributed by atoms with Crippen LogP contribution in [-0.4, -0.2) is 66.1 Å². The molecule has 9 nitrogen and oxygen atoms in total. The smallest absolute Gasteiger partial charge is 0.490 e. The first-order valence-electron chi connectivity index (χ1n) is 14.8. The topological polar surface area (TPSA) is 119 Å². The lowest BCUT2D eigenvalue weighted by molar-refractivity contribution is -0.240. The lowest BCUT2D eigenvalue weighted by atomic mass is 9.94. The van der Waals surface area contributed by atoms with Crippen LogP contribution in [0.4, 0.5) is 22.0 Å². The Morgan fingerprint density at radius 2 is 1.49 bits per heavy atom. The number of rotatable bonds is 9. The highest BCUT2D eigenvalue weighted by Gasteiger charge is 2.60. The molecule has 2 unspecified atom stereocenters. The summed E-state index contributed by atoms with van der Waals surface area (Å²) in [4.78, 5) is 31.1. The van der Waals surface area contributed by atoms with Crippen LogP contribution in [0.1, 0.15) is 44.1 Å². The Labute approximate surface area is 274 Å². The van der Waals surface area contributed by atoms with Gasteiger partial charge in [0.1, 0.15) is 5.75 Å². The van der Waals surface area contributed by atoms with Crippen LogP contribution in [-0.2, 0) is 30.4 Å². The first-order chi connectivity index (χ1) is 22.1. The average Bonchev–Trinajstić information content (AvgIpc) is 3.77. The number of hydrogen-bond donors (Lipinski definition) is 1. The van der Waals surface area contributed by atoms with Crippen molar-refractivity contribution in [1.29, 1.82) is 0 Å². The summed E-state index contributed by atoms with van der Waals surface area (Å²) in [5.41, 5.74) is 5.19. The zero-order valence-corrected chi connectivity index (χ0v) is 26.9. The van der Waals surface area contributed by atoms with Crippen molar-refractivity contribution < 1.29 is 49.5 Å². The van der Waals surface area contributed by atoms with Gasteiger partial charge in [-0.2, -0.15) is 22.0 Å². The maximum atomic E-state index is 16.7. The molecule has 2 heterocycles. The first kappa shape index (κ1) is 33.6. The van der Waals surface area contributed by atoms with Gasteiger partial charge in [-0.15, -0.1) is 0 Å². The van der Waals surface area contributed by atoms with Gasteiger partial charge in [0.25, 0.3) is 15.9 Å². The molecule has 6 rings (SSSR count). The van der Waals surface area contributed by atoms with Crippen LogP contribution in [0.5, 0.6) is 5.75 Å². The van der Waals surface area contributed by atoms with Gasteiger partial charge in [-0.05, 0) is 90.2 Å². The molecule has 3 fully saturated rings. The summed E-state index contributed by atoms with van der Waals surface area (Å²) in [6, 6.07) is 7.19. The third kappa shape index (κ3) is 6.69. The van der Waals surface area contributed by atoms with Crippen molar-refractivity contribution in [3.05, 3.63) is 70.7 Å². The molecule has 252 valence electrons. The van der Waals surface area contributed by atoms with E-state index < -0.39 is 67.1 Å². The van der Waals surface area contributed by atoms with E-state index in [-0.39, 0.29) is 30.4 Å². The van der Waals surface area contributed by atoms with Gasteiger partial charge in [-0.1, -0.05) is 40.2 Å². The van der Waals surface area contributed by atoms with E-state index in [4.69, 9.17) is 10.5 Å². The van der Waals surface area contributed by atoms with Crippen LogP contribution < -0.4 is 10.5 Å². The number of nitrogens with zero attached hydrogens (tertiary/aromatic N) is 2. The Kier molecular flexibility index (Phi) is 8.76. The van der Waals surface area contributed by atoms with Crippen molar-refractivity contribution in [1.82, 2.24) is 9.37 Å². The number of piperidine rings is 1. The van der Waals surface area contributed by atoms with Crippen molar-refractivity contribution >= 4 is 48.6 Å². The van der Waals surface area contributed by atoms with Crippen LogP contribution in [0, 0.1) is 0 Å². The summed E-state index contributed by atoms with van der Waals surface area (Å²) in [5, 5.41) is 0.747. The molecule has 3 aromatic carbocycles. The van der Waals surface area contributed by atoms with Crippen molar-refractivity contribution in [3.8, 4) is 5.75 Å². The van der Waals surface area contributed by atoms with E-state index in [1.807, 2.05) is 0 Å². The number of carbonyl (C=O) groups is 2. The number of fused-ring (bicyclic) bond motifs is 3. The summed E-state index contributed by atoms with van der Waals surface area (Å²) in [5.74, 6) is -8.61. The minimum atomic E-state index is -5.80. The normalized spacial score (nSPS) is 22.4. The lowest BCUT2D eigenvalue weighted by Crippen LogP contribution is -2.62. The molecule has 3 aliphatic rings. The summed E-state index contributed by atoms with van der Waals surface area (Å²) in [6.07, 6.45) is -2.80. The fourth-order valence-corrected chi connectivity index (χ4v) is 7.87. The van der Waals surface area contributed by atoms with Crippen LogP contribution in [0.15, 0.2) is 70.0 Å². The van der Waals surface area contributed by atoms with E-state index in [1.165, 1.54) is 24.3 Å². The second kappa shape index (κ2) is 12.3. The first-order valence-corrected chi connectivity index (χ1v) is 17.0. The molecule has 0 spiro atoms. The van der Waals surface area contributed by atoms with Gasteiger partial charge in [0, 0.05) is 28.2 Å². The molecule has 0 radical (unpaired) electrons. The molecule has 47 heavy (non-hydrogen) atoms. The zero-order valence-electron chi connectivity index (χ0n) is 24.5. The minimum absolute atomic E-state index is 0.0664. The van der Waals surface area contributed by atoms with E-state index in [2.05, 4.69) is 20.8 Å². The fraction of sp³-hybridized carbons (Fsp3) is 0.419. The SMILES string of the molecule is NC1CC2CCC(C1)N2C(=O)[C@@H](N(OC(=O)C(F)(F)F)S(=O)(=O)c1ccc2cc(OC3CC3)ccc2c1)C(F)(F)c1ccc(Br)cc1. The molecule has 1 saturated carbocycles. The van der Waals surface area contributed by atoms with Crippen molar-refractivity contribution in [3.63, 3.8) is 0 Å². The number of ether oxygens (including phenoxy) is 1. The molecule has 1 aliphatic carbocycles. The van der Waals surface area contributed by atoms with Gasteiger partial charge >= 0.3 is 18.1 Å². The predicted octanol–water partition coefficient (Wildman–Crippen LogP) is 5.80. The quantitative estimate of drug-likeness (QED) is 0.218.